The van der Waals surface area contributed by atoms with E-state index in [9.17, 15) is 4.79 Å². The van der Waals surface area contributed by atoms with Gasteiger partial charge in [0.1, 0.15) is 5.75 Å². The first-order valence-electron chi connectivity index (χ1n) is 10.9. The minimum Gasteiger partial charge on any atom is -0.497 e. The van der Waals surface area contributed by atoms with Crippen LogP contribution in [0.3, 0.4) is 0 Å². The van der Waals surface area contributed by atoms with Crippen molar-refractivity contribution in [2.45, 2.75) is 58.7 Å². The second-order valence-corrected chi connectivity index (χ2v) is 8.39. The highest BCUT2D eigenvalue weighted by molar-refractivity contribution is 5.98. The first kappa shape index (κ1) is 20.0. The highest BCUT2D eigenvalue weighted by atomic mass is 16.5. The first-order chi connectivity index (χ1) is 14.1. The molecule has 0 saturated heterocycles. The Morgan fingerprint density at radius 3 is 2.28 bits per heavy atom. The molecule has 29 heavy (non-hydrogen) atoms. The van der Waals surface area contributed by atoms with E-state index in [0.717, 1.165) is 29.7 Å². The zero-order valence-corrected chi connectivity index (χ0v) is 17.9. The molecule has 2 aromatic rings. The van der Waals surface area contributed by atoms with Crippen LogP contribution in [-0.2, 0) is 25.9 Å². The van der Waals surface area contributed by atoms with E-state index in [1.807, 2.05) is 29.2 Å². The SMILES string of the molecule is CCCN(CCC)C1Cc2cc3c(cc2C1)C(=O)N(Cc1ccc(OC)cc1)C3. The monoisotopic (exact) mass is 392 g/mol. The van der Waals surface area contributed by atoms with Crippen molar-refractivity contribution in [1.29, 1.82) is 0 Å². The van der Waals surface area contributed by atoms with Crippen LogP contribution in [0.25, 0.3) is 0 Å². The van der Waals surface area contributed by atoms with Gasteiger partial charge in [0, 0.05) is 24.7 Å². The Morgan fingerprint density at radius 2 is 1.66 bits per heavy atom. The van der Waals surface area contributed by atoms with Crippen LogP contribution >= 0.6 is 0 Å². The van der Waals surface area contributed by atoms with Crippen LogP contribution in [0.15, 0.2) is 36.4 Å². The van der Waals surface area contributed by atoms with E-state index in [1.165, 1.54) is 42.6 Å². The normalized spacial score (nSPS) is 17.7. The smallest absolute Gasteiger partial charge is 0.254 e. The number of benzene rings is 2. The minimum atomic E-state index is 0.168. The second-order valence-electron chi connectivity index (χ2n) is 8.39. The topological polar surface area (TPSA) is 32.8 Å². The Morgan fingerprint density at radius 1 is 1.00 bits per heavy atom. The van der Waals surface area contributed by atoms with Crippen molar-refractivity contribution >= 4 is 5.91 Å². The quantitative estimate of drug-likeness (QED) is 0.666. The lowest BCUT2D eigenvalue weighted by Crippen LogP contribution is -2.37. The van der Waals surface area contributed by atoms with Crippen LogP contribution in [-0.4, -0.2) is 41.9 Å². The summed E-state index contributed by atoms with van der Waals surface area (Å²) in [5, 5.41) is 0. The number of rotatable bonds is 8. The van der Waals surface area contributed by atoms with Crippen molar-refractivity contribution in [2.24, 2.45) is 0 Å². The number of hydrogen-bond acceptors (Lipinski definition) is 3. The van der Waals surface area contributed by atoms with E-state index in [4.69, 9.17) is 4.74 Å². The van der Waals surface area contributed by atoms with Gasteiger partial charge in [-0.15, -0.1) is 0 Å². The zero-order chi connectivity index (χ0) is 20.4. The molecule has 1 heterocycles. The third-order valence-electron chi connectivity index (χ3n) is 6.29. The van der Waals surface area contributed by atoms with Crippen molar-refractivity contribution in [2.75, 3.05) is 20.2 Å². The Bertz CT molecular complexity index is 869. The van der Waals surface area contributed by atoms with Crippen LogP contribution in [0.5, 0.6) is 5.75 Å². The summed E-state index contributed by atoms with van der Waals surface area (Å²) in [5.74, 6) is 1.01. The number of carbonyl (C=O) groups excluding carboxylic acids is 1. The number of amides is 1. The van der Waals surface area contributed by atoms with E-state index >= 15 is 0 Å². The first-order valence-corrected chi connectivity index (χ1v) is 10.9. The molecule has 0 saturated carbocycles. The van der Waals surface area contributed by atoms with Crippen molar-refractivity contribution < 1.29 is 9.53 Å². The standard InChI is InChI=1S/C25H32N2O2/c1-4-10-26(11-5-2)22-13-19-12-21-17-27(25(28)24(21)15-20(19)14-22)16-18-6-8-23(29-3)9-7-18/h6-9,12,15,22H,4-5,10-11,13-14,16-17H2,1-3H3. The molecule has 154 valence electrons. The van der Waals surface area contributed by atoms with Gasteiger partial charge in [0.2, 0.25) is 0 Å². The maximum atomic E-state index is 13.0. The largest absolute Gasteiger partial charge is 0.497 e. The molecule has 0 radical (unpaired) electrons. The van der Waals surface area contributed by atoms with Crippen LogP contribution in [0.4, 0.5) is 0 Å². The molecule has 0 aromatic heterocycles. The predicted molar refractivity (Wildman–Crippen MR) is 116 cm³/mol. The lowest BCUT2D eigenvalue weighted by Gasteiger charge is -2.27. The Kier molecular flexibility index (Phi) is 5.91. The molecule has 2 aliphatic rings. The number of hydrogen-bond donors (Lipinski definition) is 0. The summed E-state index contributed by atoms with van der Waals surface area (Å²) in [6.45, 7) is 8.21. The van der Waals surface area contributed by atoms with E-state index in [1.54, 1.807) is 7.11 Å². The molecule has 4 heteroatoms. The molecule has 0 N–H and O–H groups in total. The molecule has 1 aliphatic carbocycles. The summed E-state index contributed by atoms with van der Waals surface area (Å²) in [4.78, 5) is 17.6. The average Bonchev–Trinajstić information content (AvgIpc) is 3.27. The lowest BCUT2D eigenvalue weighted by molar-refractivity contribution is 0.0766. The molecule has 4 nitrogen and oxygen atoms in total. The minimum absolute atomic E-state index is 0.168. The van der Waals surface area contributed by atoms with Crippen molar-refractivity contribution in [3.8, 4) is 5.75 Å². The second kappa shape index (κ2) is 8.58. The van der Waals surface area contributed by atoms with Crippen LogP contribution in [0, 0.1) is 0 Å². The summed E-state index contributed by atoms with van der Waals surface area (Å²) in [6, 6.07) is 13.1. The van der Waals surface area contributed by atoms with Gasteiger partial charge in [0.05, 0.1) is 7.11 Å². The number of fused-ring (bicyclic) bond motifs is 2. The fourth-order valence-electron chi connectivity index (χ4n) is 4.87. The Labute approximate surface area is 174 Å². The number of nitrogens with zero attached hydrogens (tertiary/aromatic N) is 2. The summed E-state index contributed by atoms with van der Waals surface area (Å²) in [5.41, 5.74) is 6.07. The molecular formula is C25H32N2O2. The highest BCUT2D eigenvalue weighted by Gasteiger charge is 2.32. The van der Waals surface area contributed by atoms with E-state index in [2.05, 4.69) is 30.9 Å². The van der Waals surface area contributed by atoms with Crippen LogP contribution in [0.2, 0.25) is 0 Å². The number of ether oxygens (including phenoxy) is 1. The highest BCUT2D eigenvalue weighted by Crippen LogP contribution is 2.33. The average molecular weight is 393 g/mol. The predicted octanol–water partition coefficient (Wildman–Crippen LogP) is 4.44. The molecule has 1 amide bonds. The molecule has 4 rings (SSSR count). The maximum Gasteiger partial charge on any atom is 0.254 e. The fourth-order valence-corrected chi connectivity index (χ4v) is 4.87. The van der Waals surface area contributed by atoms with E-state index in [0.29, 0.717) is 19.1 Å². The van der Waals surface area contributed by atoms with Crippen LogP contribution in [0.1, 0.15) is 59.3 Å². The summed E-state index contributed by atoms with van der Waals surface area (Å²) < 4.78 is 5.23. The van der Waals surface area contributed by atoms with E-state index < -0.39 is 0 Å². The summed E-state index contributed by atoms with van der Waals surface area (Å²) in [7, 11) is 1.67. The van der Waals surface area contributed by atoms with Crippen molar-refractivity contribution in [3.05, 3.63) is 64.2 Å². The van der Waals surface area contributed by atoms with Gasteiger partial charge >= 0.3 is 0 Å². The van der Waals surface area contributed by atoms with Gasteiger partial charge in [-0.25, -0.2) is 0 Å². The Balaban J connectivity index is 1.47. The van der Waals surface area contributed by atoms with Gasteiger partial charge < -0.3 is 9.64 Å². The lowest BCUT2D eigenvalue weighted by atomic mass is 10.0. The maximum absolute atomic E-state index is 13.0. The third kappa shape index (κ3) is 4.04. The summed E-state index contributed by atoms with van der Waals surface area (Å²) >= 11 is 0. The molecule has 0 spiro atoms. The molecule has 1 atom stereocenters. The van der Waals surface area contributed by atoms with Gasteiger partial charge in [-0.1, -0.05) is 32.0 Å². The molecule has 0 fully saturated rings. The molecule has 2 aromatic carbocycles. The van der Waals surface area contributed by atoms with Crippen LogP contribution < -0.4 is 4.74 Å². The van der Waals surface area contributed by atoms with Gasteiger partial charge in [-0.2, -0.15) is 0 Å². The van der Waals surface area contributed by atoms with Gasteiger partial charge in [-0.05, 0) is 79.2 Å². The van der Waals surface area contributed by atoms with Gasteiger partial charge in [0.15, 0.2) is 0 Å². The summed E-state index contributed by atoms with van der Waals surface area (Å²) in [6.07, 6.45) is 4.59. The fraction of sp³-hybridized carbons (Fsp3) is 0.480. The van der Waals surface area contributed by atoms with Gasteiger partial charge in [-0.3, -0.25) is 9.69 Å². The molecule has 0 bridgehead atoms. The molecule has 1 aliphatic heterocycles. The number of carbonyl (C=O) groups is 1. The molecular weight excluding hydrogens is 360 g/mol. The van der Waals surface area contributed by atoms with Crippen molar-refractivity contribution in [3.63, 3.8) is 0 Å². The van der Waals surface area contributed by atoms with E-state index in [-0.39, 0.29) is 5.91 Å². The van der Waals surface area contributed by atoms with Crippen molar-refractivity contribution in [1.82, 2.24) is 9.80 Å². The third-order valence-corrected chi connectivity index (χ3v) is 6.29. The Hall–Kier alpha value is -2.33. The van der Waals surface area contributed by atoms with Gasteiger partial charge in [0.25, 0.3) is 5.91 Å². The zero-order valence-electron chi connectivity index (χ0n) is 17.9. The number of methoxy groups -OCH3 is 1. The molecule has 1 unspecified atom stereocenters.